The Morgan fingerprint density at radius 3 is 2.86 bits per heavy atom. The van der Waals surface area contributed by atoms with Gasteiger partial charge in [-0.25, -0.2) is 0 Å². The molecule has 0 fully saturated rings. The Morgan fingerprint density at radius 1 is 1.57 bits per heavy atom. The Kier molecular flexibility index (Phi) is 2.17. The van der Waals surface area contributed by atoms with E-state index >= 15 is 0 Å². The monoisotopic (exact) mass is 207 g/mol. The molecule has 2 aromatic heterocycles. The Labute approximate surface area is 85.4 Å². The molecule has 0 aliphatic heterocycles. The number of hydrogen-bond acceptors (Lipinski definition) is 4. The molecule has 0 bridgehead atoms. The first-order valence-corrected chi connectivity index (χ1v) is 4.98. The van der Waals surface area contributed by atoms with E-state index in [9.17, 15) is 4.79 Å². The van der Waals surface area contributed by atoms with E-state index in [1.807, 2.05) is 6.92 Å². The number of nitrogens with zero attached hydrogens (tertiary/aromatic N) is 3. The van der Waals surface area contributed by atoms with Crippen molar-refractivity contribution in [3.63, 3.8) is 0 Å². The number of ketones is 1. The third-order valence-corrected chi connectivity index (χ3v) is 2.46. The lowest BCUT2D eigenvalue weighted by molar-refractivity contribution is 0.102. The molecule has 0 atom stereocenters. The molecule has 2 heterocycles. The SMILES string of the molecule is Cc1cc(C(=O)c2ccsn2)n(C)n1. The number of aromatic nitrogens is 3. The highest BCUT2D eigenvalue weighted by Crippen LogP contribution is 2.10. The van der Waals surface area contributed by atoms with Gasteiger partial charge in [0.1, 0.15) is 11.4 Å². The first-order chi connectivity index (χ1) is 6.68. The van der Waals surface area contributed by atoms with Crippen LogP contribution in [0.1, 0.15) is 21.9 Å². The largest absolute Gasteiger partial charge is 0.285 e. The molecule has 14 heavy (non-hydrogen) atoms. The molecule has 5 heteroatoms. The van der Waals surface area contributed by atoms with Crippen molar-refractivity contribution < 1.29 is 4.79 Å². The van der Waals surface area contributed by atoms with Gasteiger partial charge in [-0.3, -0.25) is 9.48 Å². The van der Waals surface area contributed by atoms with Crippen molar-refractivity contribution in [3.05, 3.63) is 34.6 Å². The summed E-state index contributed by atoms with van der Waals surface area (Å²) in [6.45, 7) is 1.86. The Bertz CT molecular complexity index is 458. The zero-order chi connectivity index (χ0) is 10.1. The van der Waals surface area contributed by atoms with Crippen LogP contribution in [0.3, 0.4) is 0 Å². The maximum absolute atomic E-state index is 11.8. The lowest BCUT2D eigenvalue weighted by Crippen LogP contribution is -2.08. The van der Waals surface area contributed by atoms with Gasteiger partial charge in [0.25, 0.3) is 0 Å². The van der Waals surface area contributed by atoms with Crippen molar-refractivity contribution >= 4 is 17.3 Å². The molecule has 0 saturated heterocycles. The van der Waals surface area contributed by atoms with Crippen LogP contribution in [0.4, 0.5) is 0 Å². The van der Waals surface area contributed by atoms with Gasteiger partial charge in [-0.1, -0.05) is 0 Å². The summed E-state index contributed by atoms with van der Waals surface area (Å²) in [5, 5.41) is 5.90. The average molecular weight is 207 g/mol. The van der Waals surface area contributed by atoms with Gasteiger partial charge < -0.3 is 0 Å². The summed E-state index contributed by atoms with van der Waals surface area (Å²) in [7, 11) is 1.76. The van der Waals surface area contributed by atoms with E-state index in [0.29, 0.717) is 11.4 Å². The van der Waals surface area contributed by atoms with Gasteiger partial charge in [-0.15, -0.1) is 0 Å². The van der Waals surface area contributed by atoms with Crippen LogP contribution in [0.2, 0.25) is 0 Å². The summed E-state index contributed by atoms with van der Waals surface area (Å²) in [6.07, 6.45) is 0. The maximum Gasteiger partial charge on any atom is 0.230 e. The molecule has 0 amide bonds. The van der Waals surface area contributed by atoms with E-state index in [-0.39, 0.29) is 5.78 Å². The summed E-state index contributed by atoms with van der Waals surface area (Å²) in [5.74, 6) is -0.0747. The summed E-state index contributed by atoms with van der Waals surface area (Å²) in [5.41, 5.74) is 1.90. The van der Waals surface area contributed by atoms with E-state index in [4.69, 9.17) is 0 Å². The third-order valence-electron chi connectivity index (χ3n) is 1.91. The van der Waals surface area contributed by atoms with Crippen LogP contribution in [0, 0.1) is 6.92 Å². The number of carbonyl (C=O) groups is 1. The number of aryl methyl sites for hydroxylation is 2. The molecule has 2 aromatic rings. The van der Waals surface area contributed by atoms with Crippen LogP contribution in [-0.2, 0) is 7.05 Å². The summed E-state index contributed by atoms with van der Waals surface area (Å²) < 4.78 is 5.57. The van der Waals surface area contributed by atoms with Gasteiger partial charge in [-0.2, -0.15) is 9.47 Å². The first-order valence-electron chi connectivity index (χ1n) is 4.14. The Morgan fingerprint density at radius 2 is 2.36 bits per heavy atom. The smallest absolute Gasteiger partial charge is 0.230 e. The minimum atomic E-state index is -0.0747. The second kappa shape index (κ2) is 3.34. The molecule has 0 spiro atoms. The molecule has 2 rings (SSSR count). The van der Waals surface area contributed by atoms with Gasteiger partial charge in [-0.05, 0) is 30.6 Å². The topological polar surface area (TPSA) is 47.8 Å². The predicted molar refractivity (Wildman–Crippen MR) is 53.5 cm³/mol. The van der Waals surface area contributed by atoms with Crippen molar-refractivity contribution in [2.75, 3.05) is 0 Å². The predicted octanol–water partition coefficient (Wildman–Crippen LogP) is 1.42. The van der Waals surface area contributed by atoms with E-state index in [1.165, 1.54) is 11.5 Å². The average Bonchev–Trinajstić information content (AvgIpc) is 2.73. The molecule has 0 aromatic carbocycles. The zero-order valence-electron chi connectivity index (χ0n) is 7.89. The first kappa shape index (κ1) is 9.08. The summed E-state index contributed by atoms with van der Waals surface area (Å²) >= 11 is 1.27. The highest BCUT2D eigenvalue weighted by atomic mass is 32.1. The standard InChI is InChI=1S/C9H9N3OS/c1-6-5-8(12(2)10-6)9(13)7-3-4-14-11-7/h3-5H,1-2H3. The molecule has 4 nitrogen and oxygen atoms in total. The van der Waals surface area contributed by atoms with Gasteiger partial charge in [0.15, 0.2) is 0 Å². The molecule has 0 N–H and O–H groups in total. The molecule has 0 saturated carbocycles. The highest BCUT2D eigenvalue weighted by Gasteiger charge is 2.15. The molecule has 0 aliphatic carbocycles. The molecule has 0 unspecified atom stereocenters. The van der Waals surface area contributed by atoms with Crippen LogP contribution < -0.4 is 0 Å². The fourth-order valence-electron chi connectivity index (χ4n) is 1.28. The van der Waals surface area contributed by atoms with E-state index in [2.05, 4.69) is 9.47 Å². The van der Waals surface area contributed by atoms with Crippen molar-refractivity contribution in [1.29, 1.82) is 0 Å². The minimum absolute atomic E-state index is 0.0747. The molecule has 0 radical (unpaired) electrons. The van der Waals surface area contributed by atoms with Crippen LogP contribution in [0.5, 0.6) is 0 Å². The molecule has 0 aliphatic rings. The Balaban J connectivity index is 2.41. The van der Waals surface area contributed by atoms with E-state index < -0.39 is 0 Å². The van der Waals surface area contributed by atoms with Crippen molar-refractivity contribution in [2.24, 2.45) is 7.05 Å². The van der Waals surface area contributed by atoms with Gasteiger partial charge in [0.05, 0.1) is 5.69 Å². The number of rotatable bonds is 2. The lowest BCUT2D eigenvalue weighted by Gasteiger charge is -1.96. The molecular formula is C9H9N3OS. The van der Waals surface area contributed by atoms with Crippen LogP contribution in [-0.4, -0.2) is 19.9 Å². The quantitative estimate of drug-likeness (QED) is 0.700. The van der Waals surface area contributed by atoms with E-state index in [0.717, 1.165) is 5.69 Å². The number of carbonyl (C=O) groups excluding carboxylic acids is 1. The second-order valence-electron chi connectivity index (χ2n) is 3.01. The number of hydrogen-bond donors (Lipinski definition) is 0. The summed E-state index contributed by atoms with van der Waals surface area (Å²) in [4.78, 5) is 11.8. The molecule has 72 valence electrons. The minimum Gasteiger partial charge on any atom is -0.285 e. The lowest BCUT2D eigenvalue weighted by atomic mass is 10.2. The maximum atomic E-state index is 11.8. The van der Waals surface area contributed by atoms with Gasteiger partial charge in [0.2, 0.25) is 5.78 Å². The van der Waals surface area contributed by atoms with Crippen molar-refractivity contribution in [2.45, 2.75) is 6.92 Å². The van der Waals surface area contributed by atoms with Crippen molar-refractivity contribution in [3.8, 4) is 0 Å². The zero-order valence-corrected chi connectivity index (χ0v) is 8.71. The second-order valence-corrected chi connectivity index (χ2v) is 3.67. The Hall–Kier alpha value is -1.49. The third kappa shape index (κ3) is 1.46. The van der Waals surface area contributed by atoms with Gasteiger partial charge >= 0.3 is 0 Å². The fraction of sp³-hybridized carbons (Fsp3) is 0.222. The van der Waals surface area contributed by atoms with E-state index in [1.54, 1.807) is 29.2 Å². The summed E-state index contributed by atoms with van der Waals surface area (Å²) in [6, 6.07) is 3.48. The fourth-order valence-corrected chi connectivity index (χ4v) is 1.79. The van der Waals surface area contributed by atoms with Gasteiger partial charge in [0, 0.05) is 12.4 Å². The van der Waals surface area contributed by atoms with Crippen molar-refractivity contribution in [1.82, 2.24) is 14.2 Å². The van der Waals surface area contributed by atoms with Crippen LogP contribution >= 0.6 is 11.5 Å². The highest BCUT2D eigenvalue weighted by molar-refractivity contribution is 7.03. The van der Waals surface area contributed by atoms with Crippen LogP contribution in [0.15, 0.2) is 17.5 Å². The van der Waals surface area contributed by atoms with Crippen LogP contribution in [0.25, 0.3) is 0 Å². The molecular weight excluding hydrogens is 198 g/mol. The normalized spacial score (nSPS) is 10.4.